The van der Waals surface area contributed by atoms with Crippen molar-refractivity contribution in [2.45, 2.75) is 23.6 Å². The van der Waals surface area contributed by atoms with E-state index in [1.165, 1.54) is 6.07 Å². The van der Waals surface area contributed by atoms with Crippen LogP contribution in [0.25, 0.3) is 0 Å². The van der Waals surface area contributed by atoms with Crippen LogP contribution in [0.5, 0.6) is 0 Å². The van der Waals surface area contributed by atoms with Crippen molar-refractivity contribution in [3.8, 4) is 0 Å². The third kappa shape index (κ3) is 4.20. The Morgan fingerprint density at radius 3 is 2.72 bits per heavy atom. The fraction of sp³-hybridized carbons (Fsp3) is 0.500. The van der Waals surface area contributed by atoms with Crippen molar-refractivity contribution in [1.29, 1.82) is 0 Å². The predicted molar refractivity (Wildman–Crippen MR) is 83.0 cm³/mol. The number of thioether (sulfide) groups is 1. The summed E-state index contributed by atoms with van der Waals surface area (Å²) in [6.07, 6.45) is 2.71. The minimum atomic E-state index is -3.47. The van der Waals surface area contributed by atoms with Gasteiger partial charge in [0.05, 0.1) is 4.88 Å². The molecule has 8 heteroatoms. The van der Waals surface area contributed by atoms with E-state index in [1.54, 1.807) is 17.8 Å². The Labute approximate surface area is 121 Å². The van der Waals surface area contributed by atoms with Crippen molar-refractivity contribution in [2.24, 2.45) is 5.73 Å². The first-order valence-electron chi connectivity index (χ1n) is 5.31. The third-order valence-electron chi connectivity index (χ3n) is 2.27. The summed E-state index contributed by atoms with van der Waals surface area (Å²) in [5.41, 5.74) is 5.47. The van der Waals surface area contributed by atoms with Crippen LogP contribution in [0.4, 0.5) is 0 Å². The van der Waals surface area contributed by atoms with E-state index in [-0.39, 0.29) is 15.2 Å². The smallest absolute Gasteiger partial charge is 0.250 e. The van der Waals surface area contributed by atoms with Gasteiger partial charge in [-0.25, -0.2) is 13.1 Å². The largest absolute Gasteiger partial charge is 0.389 e. The summed E-state index contributed by atoms with van der Waals surface area (Å²) in [4.78, 5) is 0.834. The standard InChI is InChI=1S/C10H16N2O2S4/c1-3-7(6-16-2)12-18(13,14)9-5-4-8(17-9)10(11)15/h4-5,7,12H,3,6H2,1-2H3,(H2,11,15). The minimum Gasteiger partial charge on any atom is -0.389 e. The molecule has 0 bridgehead atoms. The number of hydrogen-bond donors (Lipinski definition) is 2. The van der Waals surface area contributed by atoms with Crippen LogP contribution in [-0.4, -0.2) is 31.5 Å². The summed E-state index contributed by atoms with van der Waals surface area (Å²) in [6, 6.07) is 3.12. The zero-order valence-electron chi connectivity index (χ0n) is 10.2. The number of nitrogens with one attached hydrogen (secondary N) is 1. The lowest BCUT2D eigenvalue weighted by Gasteiger charge is -2.14. The second-order valence-electron chi connectivity index (χ2n) is 3.66. The van der Waals surface area contributed by atoms with Crippen LogP contribution in [0.1, 0.15) is 18.2 Å². The van der Waals surface area contributed by atoms with Crippen molar-refractivity contribution < 1.29 is 8.42 Å². The van der Waals surface area contributed by atoms with Gasteiger partial charge in [0.2, 0.25) is 10.0 Å². The number of rotatable bonds is 7. The highest BCUT2D eigenvalue weighted by Crippen LogP contribution is 2.22. The van der Waals surface area contributed by atoms with Gasteiger partial charge in [-0.05, 0) is 24.8 Å². The van der Waals surface area contributed by atoms with E-state index in [1.807, 2.05) is 13.2 Å². The average molecular weight is 325 g/mol. The molecule has 0 aliphatic heterocycles. The molecule has 0 saturated heterocycles. The summed E-state index contributed by atoms with van der Waals surface area (Å²) < 4.78 is 27.2. The second kappa shape index (κ2) is 6.85. The van der Waals surface area contributed by atoms with Crippen LogP contribution in [0.2, 0.25) is 0 Å². The van der Waals surface area contributed by atoms with Gasteiger partial charge in [-0.3, -0.25) is 0 Å². The zero-order valence-corrected chi connectivity index (χ0v) is 13.4. The van der Waals surface area contributed by atoms with Crippen molar-refractivity contribution in [2.75, 3.05) is 12.0 Å². The zero-order chi connectivity index (χ0) is 13.8. The number of sulfonamides is 1. The van der Waals surface area contributed by atoms with Gasteiger partial charge in [0.25, 0.3) is 0 Å². The quantitative estimate of drug-likeness (QED) is 0.748. The van der Waals surface area contributed by atoms with Gasteiger partial charge in [0, 0.05) is 11.8 Å². The average Bonchev–Trinajstić information content (AvgIpc) is 2.78. The first kappa shape index (κ1) is 15.9. The Kier molecular flexibility index (Phi) is 6.06. The van der Waals surface area contributed by atoms with Crippen molar-refractivity contribution in [3.05, 3.63) is 17.0 Å². The first-order chi connectivity index (χ1) is 8.40. The Bertz CT molecular complexity index is 510. The highest BCUT2D eigenvalue weighted by molar-refractivity contribution is 7.98. The molecule has 0 aliphatic rings. The Morgan fingerprint density at radius 2 is 2.28 bits per heavy atom. The molecule has 102 valence electrons. The topological polar surface area (TPSA) is 72.2 Å². The monoisotopic (exact) mass is 324 g/mol. The molecule has 0 aliphatic carbocycles. The fourth-order valence-corrected chi connectivity index (χ4v) is 4.83. The Morgan fingerprint density at radius 1 is 1.61 bits per heavy atom. The molecule has 1 aromatic heterocycles. The van der Waals surface area contributed by atoms with E-state index in [4.69, 9.17) is 18.0 Å². The molecule has 4 nitrogen and oxygen atoms in total. The van der Waals surface area contributed by atoms with E-state index in [0.717, 1.165) is 23.5 Å². The normalized spacial score (nSPS) is 13.4. The number of thiocarbonyl (C=S) groups is 1. The van der Waals surface area contributed by atoms with Crippen LogP contribution in [0, 0.1) is 0 Å². The molecule has 0 radical (unpaired) electrons. The molecular weight excluding hydrogens is 308 g/mol. The van der Waals surface area contributed by atoms with Gasteiger partial charge in [-0.1, -0.05) is 19.1 Å². The molecule has 0 spiro atoms. The van der Waals surface area contributed by atoms with Gasteiger partial charge in [-0.15, -0.1) is 11.3 Å². The van der Waals surface area contributed by atoms with Gasteiger partial charge in [0.1, 0.15) is 9.20 Å². The molecule has 0 amide bonds. The molecule has 3 N–H and O–H groups in total. The first-order valence-corrected chi connectivity index (χ1v) is 9.41. The predicted octanol–water partition coefficient (Wildman–Crippen LogP) is 1.80. The molecule has 1 heterocycles. The Balaban J connectivity index is 2.88. The highest BCUT2D eigenvalue weighted by Gasteiger charge is 2.21. The maximum Gasteiger partial charge on any atom is 0.250 e. The summed E-state index contributed by atoms with van der Waals surface area (Å²) in [7, 11) is -3.47. The van der Waals surface area contributed by atoms with Crippen LogP contribution in [0.3, 0.4) is 0 Å². The SMILES string of the molecule is CCC(CSC)NS(=O)(=O)c1ccc(C(N)=S)s1. The van der Waals surface area contributed by atoms with Crippen molar-refractivity contribution in [3.63, 3.8) is 0 Å². The van der Waals surface area contributed by atoms with E-state index in [2.05, 4.69) is 4.72 Å². The molecule has 1 unspecified atom stereocenters. The lowest BCUT2D eigenvalue weighted by Crippen LogP contribution is -2.35. The van der Waals surface area contributed by atoms with E-state index in [9.17, 15) is 8.42 Å². The highest BCUT2D eigenvalue weighted by atomic mass is 32.2. The fourth-order valence-electron chi connectivity index (χ4n) is 1.31. The molecular formula is C10H16N2O2S4. The van der Waals surface area contributed by atoms with Crippen LogP contribution >= 0.6 is 35.3 Å². The van der Waals surface area contributed by atoms with Crippen molar-refractivity contribution >= 4 is 50.3 Å². The minimum absolute atomic E-state index is 0.0552. The van der Waals surface area contributed by atoms with Crippen LogP contribution in [0.15, 0.2) is 16.3 Å². The van der Waals surface area contributed by atoms with E-state index < -0.39 is 10.0 Å². The molecule has 0 saturated carbocycles. The summed E-state index contributed by atoms with van der Waals surface area (Å²) in [5, 5.41) is 0. The molecule has 1 rings (SSSR count). The van der Waals surface area contributed by atoms with Crippen LogP contribution < -0.4 is 10.5 Å². The van der Waals surface area contributed by atoms with E-state index in [0.29, 0.717) is 4.88 Å². The number of hydrogen-bond acceptors (Lipinski definition) is 5. The summed E-state index contributed by atoms with van der Waals surface area (Å²) >= 11 is 7.53. The summed E-state index contributed by atoms with van der Waals surface area (Å²) in [6.45, 7) is 1.96. The maximum absolute atomic E-state index is 12.1. The number of nitrogens with two attached hydrogens (primary N) is 1. The maximum atomic E-state index is 12.1. The van der Waals surface area contributed by atoms with E-state index >= 15 is 0 Å². The third-order valence-corrected chi connectivity index (χ3v) is 6.49. The van der Waals surface area contributed by atoms with Gasteiger partial charge < -0.3 is 5.73 Å². The van der Waals surface area contributed by atoms with Gasteiger partial charge >= 0.3 is 0 Å². The molecule has 1 atom stereocenters. The van der Waals surface area contributed by atoms with Gasteiger partial charge in [-0.2, -0.15) is 11.8 Å². The van der Waals surface area contributed by atoms with Gasteiger partial charge in [0.15, 0.2) is 0 Å². The lowest BCUT2D eigenvalue weighted by atomic mass is 10.3. The van der Waals surface area contributed by atoms with Crippen LogP contribution in [-0.2, 0) is 10.0 Å². The Hall–Kier alpha value is -0.150. The molecule has 0 fully saturated rings. The molecule has 1 aromatic rings. The molecule has 18 heavy (non-hydrogen) atoms. The second-order valence-corrected chi connectivity index (χ2v) is 8.04. The lowest BCUT2D eigenvalue weighted by molar-refractivity contribution is 0.560. The van der Waals surface area contributed by atoms with Crippen molar-refractivity contribution in [1.82, 2.24) is 4.72 Å². The number of thiophene rings is 1. The molecule has 0 aromatic carbocycles. The summed E-state index contributed by atoms with van der Waals surface area (Å²) in [5.74, 6) is 0.753.